The average molecular weight is 607 g/mol. The van der Waals surface area contributed by atoms with Crippen molar-refractivity contribution in [2.45, 2.75) is 55.7 Å². The summed E-state index contributed by atoms with van der Waals surface area (Å²) in [6, 6.07) is 11.2. The Balaban J connectivity index is 1.51. The number of hydrogen-bond acceptors (Lipinski definition) is 8. The summed E-state index contributed by atoms with van der Waals surface area (Å²) in [4.78, 5) is 27.2. The Labute approximate surface area is 236 Å². The molecule has 0 radical (unpaired) electrons. The normalized spacial score (nSPS) is 16.8. The third-order valence-corrected chi connectivity index (χ3v) is 8.40. The highest BCUT2D eigenvalue weighted by Crippen LogP contribution is 2.17. The van der Waals surface area contributed by atoms with Gasteiger partial charge >= 0.3 is 0 Å². The van der Waals surface area contributed by atoms with Gasteiger partial charge in [0.05, 0.1) is 22.8 Å². The molecule has 1 aliphatic rings. The van der Waals surface area contributed by atoms with Gasteiger partial charge in [-0.3, -0.25) is 14.9 Å². The maximum atomic E-state index is 13.3. The molecule has 2 heterocycles. The van der Waals surface area contributed by atoms with E-state index in [1.807, 2.05) is 20.8 Å². The molecule has 1 aliphatic heterocycles. The van der Waals surface area contributed by atoms with E-state index in [4.69, 9.17) is 14.4 Å². The Hall–Kier alpha value is -3.86. The molecule has 3 aromatic rings. The molecule has 4 rings (SSSR count). The highest BCUT2D eigenvalue weighted by molar-refractivity contribution is 7.90. The van der Waals surface area contributed by atoms with Crippen molar-refractivity contribution in [1.82, 2.24) is 10.2 Å². The molecule has 2 amide bonds. The number of rotatable bonds is 9. The number of morpholine rings is 1. The minimum atomic E-state index is -4.13. The highest BCUT2D eigenvalue weighted by Gasteiger charge is 2.34. The quantitative estimate of drug-likeness (QED) is 0.318. The van der Waals surface area contributed by atoms with E-state index < -0.39 is 38.0 Å². The van der Waals surface area contributed by atoms with Gasteiger partial charge in [0, 0.05) is 12.2 Å². The third-order valence-electron chi connectivity index (χ3n) is 6.20. The van der Waals surface area contributed by atoms with Gasteiger partial charge in [0.2, 0.25) is 15.9 Å². The van der Waals surface area contributed by atoms with Gasteiger partial charge in [-0.15, -0.1) is 4.40 Å². The van der Waals surface area contributed by atoms with Gasteiger partial charge in [-0.25, -0.2) is 18.2 Å². The number of amides is 2. The number of nitrogens with zero attached hydrogens (tertiary/aromatic N) is 4. The first-order valence-electron chi connectivity index (χ1n) is 12.5. The molecule has 2 aromatic carbocycles. The first-order chi connectivity index (χ1) is 19.2. The number of ether oxygens (including phenoxy) is 1. The molecule has 220 valence electrons. The second kappa shape index (κ2) is 11.9. The van der Waals surface area contributed by atoms with Crippen LogP contribution in [-0.4, -0.2) is 52.8 Å². The Morgan fingerprint density at radius 2 is 1.76 bits per heavy atom. The zero-order chi connectivity index (χ0) is 29.9. The molecule has 1 aromatic heterocycles. The molecule has 0 saturated carbocycles. The van der Waals surface area contributed by atoms with Gasteiger partial charge < -0.3 is 19.5 Å². The summed E-state index contributed by atoms with van der Waals surface area (Å²) < 4.78 is 64.9. The van der Waals surface area contributed by atoms with E-state index in [9.17, 15) is 26.4 Å². The van der Waals surface area contributed by atoms with Gasteiger partial charge in [-0.1, -0.05) is 17.7 Å². The summed E-state index contributed by atoms with van der Waals surface area (Å²) >= 11 is 0. The van der Waals surface area contributed by atoms with Crippen molar-refractivity contribution in [1.29, 1.82) is 0 Å². The molecular weight excluding hydrogens is 576 g/mol. The van der Waals surface area contributed by atoms with Crippen LogP contribution in [0.25, 0.3) is 0 Å². The Kier molecular flexibility index (Phi) is 8.77. The number of aryl methyl sites for hydroxylation is 1. The van der Waals surface area contributed by atoms with E-state index in [1.54, 1.807) is 12.1 Å². The van der Waals surface area contributed by atoms with E-state index in [1.165, 1.54) is 46.0 Å². The lowest BCUT2D eigenvalue weighted by Crippen LogP contribution is -2.52. The molecule has 16 heteroatoms. The maximum absolute atomic E-state index is 13.3. The number of sulfonamides is 2. The topological polar surface area (TPSA) is 196 Å². The minimum absolute atomic E-state index is 0.0191. The number of primary sulfonamides is 1. The fraction of sp³-hybridized carbons (Fsp3) is 0.360. The maximum Gasteiger partial charge on any atom is 0.289 e. The molecule has 1 saturated heterocycles. The van der Waals surface area contributed by atoms with E-state index in [0.29, 0.717) is 5.69 Å². The number of nitrogens with two attached hydrogens (primary N) is 1. The van der Waals surface area contributed by atoms with Crippen LogP contribution in [0.2, 0.25) is 0 Å². The number of benzene rings is 2. The van der Waals surface area contributed by atoms with E-state index in [2.05, 4.69) is 15.0 Å². The number of carbonyl (C=O) groups is 2. The smallest absolute Gasteiger partial charge is 0.289 e. The van der Waals surface area contributed by atoms with Gasteiger partial charge in [0.1, 0.15) is 18.7 Å². The van der Waals surface area contributed by atoms with Crippen LogP contribution in [0.15, 0.2) is 67.2 Å². The number of carbonyl (C=O) groups excluding carboxylic acids is 2. The molecule has 0 bridgehead atoms. The zero-order valence-corrected chi connectivity index (χ0v) is 24.2. The lowest BCUT2D eigenvalue weighted by Gasteiger charge is -2.31. The second-order valence-corrected chi connectivity index (χ2v) is 12.8. The SMILES string of the molecule is Cc1ccc(S(=O)(=O)/N=c2\o[n-][n+](C(C)C)c2CN2CCOC(CC(=O)Nc3ccc(S(N)(=O)=O)cc3)C2=O)cc1. The van der Waals surface area contributed by atoms with E-state index in [-0.39, 0.29) is 53.2 Å². The van der Waals surface area contributed by atoms with Gasteiger partial charge in [0.25, 0.3) is 27.2 Å². The van der Waals surface area contributed by atoms with Crippen molar-refractivity contribution in [3.05, 3.63) is 65.3 Å². The van der Waals surface area contributed by atoms with Crippen LogP contribution in [-0.2, 0) is 40.9 Å². The van der Waals surface area contributed by atoms with Gasteiger partial charge in [-0.2, -0.15) is 8.42 Å². The van der Waals surface area contributed by atoms with Crippen LogP contribution in [0.3, 0.4) is 0 Å². The Bertz CT molecular complexity index is 1710. The number of nitrogens with one attached hydrogen (secondary N) is 1. The molecule has 1 unspecified atom stereocenters. The first kappa shape index (κ1) is 30.1. The monoisotopic (exact) mass is 606 g/mol. The molecule has 0 aliphatic carbocycles. The summed E-state index contributed by atoms with van der Waals surface area (Å²) in [7, 11) is -8.01. The van der Waals surface area contributed by atoms with Crippen LogP contribution in [0, 0.1) is 6.92 Å². The lowest BCUT2D eigenvalue weighted by atomic mass is 10.1. The van der Waals surface area contributed by atoms with Crippen LogP contribution in [0.5, 0.6) is 0 Å². The lowest BCUT2D eigenvalue weighted by molar-refractivity contribution is -0.790. The van der Waals surface area contributed by atoms with E-state index in [0.717, 1.165) is 5.56 Å². The fourth-order valence-corrected chi connectivity index (χ4v) is 5.51. The third kappa shape index (κ3) is 7.27. The largest absolute Gasteiger partial charge is 0.486 e. The minimum Gasteiger partial charge on any atom is -0.486 e. The van der Waals surface area contributed by atoms with E-state index >= 15 is 0 Å². The standard InChI is InChI=1S/C25H30N6O8S2/c1-16(2)31-21(24(39-29-31)28-41(36,37)20-8-4-17(3)5-9-20)15-30-12-13-38-22(25(30)33)14-23(32)27-18-6-10-19(11-7-18)40(26,34)35/h4-11,16,22H,12-15H2,1-3H3,(H,27,32)(H2,26,34,35)/b28-24-. The number of anilines is 1. The summed E-state index contributed by atoms with van der Waals surface area (Å²) in [5.74, 6) is -1.02. The molecule has 1 fully saturated rings. The van der Waals surface area contributed by atoms with Crippen molar-refractivity contribution >= 4 is 37.5 Å². The van der Waals surface area contributed by atoms with Crippen LogP contribution >= 0.6 is 0 Å². The summed E-state index contributed by atoms with van der Waals surface area (Å²) in [5, 5.41) is 11.6. The molecular formula is C25H30N6O8S2. The fourth-order valence-electron chi connectivity index (χ4n) is 4.05. The molecule has 14 nitrogen and oxygen atoms in total. The van der Waals surface area contributed by atoms with Crippen LogP contribution in [0.4, 0.5) is 5.69 Å². The number of aromatic nitrogens is 2. The van der Waals surface area contributed by atoms with Gasteiger partial charge in [0.15, 0.2) is 0 Å². The van der Waals surface area contributed by atoms with Gasteiger partial charge in [-0.05, 0) is 57.2 Å². The molecule has 3 N–H and O–H groups in total. The predicted octanol–water partition coefficient (Wildman–Crippen LogP) is 0.107. The summed E-state index contributed by atoms with van der Waals surface area (Å²) in [6.45, 7) is 5.69. The Morgan fingerprint density at radius 1 is 1.12 bits per heavy atom. The van der Waals surface area contributed by atoms with Crippen LogP contribution in [0.1, 0.15) is 37.6 Å². The molecule has 41 heavy (non-hydrogen) atoms. The molecule has 0 spiro atoms. The van der Waals surface area contributed by atoms with Crippen molar-refractivity contribution in [2.24, 2.45) is 9.54 Å². The predicted molar refractivity (Wildman–Crippen MR) is 143 cm³/mol. The van der Waals surface area contributed by atoms with Crippen molar-refractivity contribution < 1.29 is 40.4 Å². The van der Waals surface area contributed by atoms with Crippen molar-refractivity contribution in [2.75, 3.05) is 18.5 Å². The van der Waals surface area contributed by atoms with Crippen molar-refractivity contribution in [3.63, 3.8) is 0 Å². The second-order valence-electron chi connectivity index (χ2n) is 9.68. The number of hydrogen-bond donors (Lipinski definition) is 2. The summed E-state index contributed by atoms with van der Waals surface area (Å²) in [5.41, 5.74) is 1.21. The summed E-state index contributed by atoms with van der Waals surface area (Å²) in [6.07, 6.45) is -1.41. The average Bonchev–Trinajstić information content (AvgIpc) is 3.28. The molecule has 1 atom stereocenters. The van der Waals surface area contributed by atoms with Crippen molar-refractivity contribution in [3.8, 4) is 0 Å². The Morgan fingerprint density at radius 3 is 2.37 bits per heavy atom. The zero-order valence-electron chi connectivity index (χ0n) is 22.6. The first-order valence-corrected chi connectivity index (χ1v) is 15.5. The highest BCUT2D eigenvalue weighted by atomic mass is 32.2. The van der Waals surface area contributed by atoms with Crippen LogP contribution < -0.4 is 26.0 Å².